The largest absolute Gasteiger partial charge is 0.464 e. The van der Waals surface area contributed by atoms with Gasteiger partial charge in [-0.05, 0) is 19.8 Å². The van der Waals surface area contributed by atoms with Crippen molar-refractivity contribution in [2.75, 3.05) is 6.61 Å². The van der Waals surface area contributed by atoms with Crippen molar-refractivity contribution in [1.82, 2.24) is 15.0 Å². The number of hydrogen-bond acceptors (Lipinski definition) is 7. The Morgan fingerprint density at radius 3 is 2.68 bits per heavy atom. The van der Waals surface area contributed by atoms with E-state index in [1.165, 1.54) is 12.5 Å². The van der Waals surface area contributed by atoms with Crippen LogP contribution >= 0.6 is 0 Å². The number of aromatic nitrogens is 3. The van der Waals surface area contributed by atoms with Gasteiger partial charge in [0.2, 0.25) is 11.8 Å². The van der Waals surface area contributed by atoms with Crippen LogP contribution in [-0.2, 0) is 4.74 Å². The summed E-state index contributed by atoms with van der Waals surface area (Å²) in [6.45, 7) is 7.74. The molecule has 2 rings (SSSR count). The van der Waals surface area contributed by atoms with Crippen LogP contribution in [0.2, 0.25) is 0 Å². The maximum Gasteiger partial charge on any atom is 0.358 e. The predicted molar refractivity (Wildman–Crippen MR) is 77.4 cm³/mol. The molecule has 0 spiro atoms. The number of oxazole rings is 1. The van der Waals surface area contributed by atoms with E-state index in [9.17, 15) is 4.79 Å². The summed E-state index contributed by atoms with van der Waals surface area (Å²) >= 11 is 0. The van der Waals surface area contributed by atoms with Gasteiger partial charge in [-0.15, -0.1) is 0 Å². The molecular formula is C15H19N3O4. The molecule has 0 aliphatic carbocycles. The van der Waals surface area contributed by atoms with Crippen molar-refractivity contribution in [3.63, 3.8) is 0 Å². The molecule has 0 amide bonds. The minimum absolute atomic E-state index is 0.191. The van der Waals surface area contributed by atoms with Gasteiger partial charge in [-0.2, -0.15) is 0 Å². The second kappa shape index (κ2) is 7.02. The second-order valence-corrected chi connectivity index (χ2v) is 5.26. The first-order chi connectivity index (χ1) is 10.5. The van der Waals surface area contributed by atoms with Crippen molar-refractivity contribution >= 4 is 5.97 Å². The van der Waals surface area contributed by atoms with Crippen LogP contribution in [0.3, 0.4) is 0 Å². The summed E-state index contributed by atoms with van der Waals surface area (Å²) in [4.78, 5) is 24.2. The molecule has 0 aromatic carbocycles. The lowest BCUT2D eigenvalue weighted by Crippen LogP contribution is -2.14. The summed E-state index contributed by atoms with van der Waals surface area (Å²) in [7, 11) is 0. The molecule has 0 unspecified atom stereocenters. The Bertz CT molecular complexity index is 626. The zero-order chi connectivity index (χ0) is 16.1. The number of aryl methyl sites for hydroxylation is 1. The fourth-order valence-electron chi connectivity index (χ4n) is 1.69. The summed E-state index contributed by atoms with van der Waals surface area (Å²) in [6, 6.07) is 0. The van der Waals surface area contributed by atoms with Gasteiger partial charge in [-0.25, -0.2) is 19.7 Å². The monoisotopic (exact) mass is 305 g/mol. The van der Waals surface area contributed by atoms with E-state index < -0.39 is 12.1 Å². The molecule has 0 saturated carbocycles. The molecular weight excluding hydrogens is 286 g/mol. The third kappa shape index (κ3) is 4.03. The summed E-state index contributed by atoms with van der Waals surface area (Å²) in [5.41, 5.74) is 0.641. The Hall–Kier alpha value is -2.44. The number of carbonyl (C=O) groups is 1. The van der Waals surface area contributed by atoms with Gasteiger partial charge in [0.05, 0.1) is 24.7 Å². The van der Waals surface area contributed by atoms with E-state index in [1.807, 2.05) is 13.8 Å². The number of ether oxygens (including phenoxy) is 2. The molecule has 0 bridgehead atoms. The Labute approximate surface area is 128 Å². The topological polar surface area (TPSA) is 87.3 Å². The standard InChI is InChI=1S/C15H19N3O4/c1-9(2)8-21-15(19)13-10(3)18-12(7-17-13)22-11(4)14-16-5-6-20-14/h5-7,9,11H,8H2,1-4H3/t11-/m0/s1. The summed E-state index contributed by atoms with van der Waals surface area (Å²) in [6.07, 6.45) is 4.00. The van der Waals surface area contributed by atoms with E-state index in [0.717, 1.165) is 0 Å². The highest BCUT2D eigenvalue weighted by atomic mass is 16.5. The third-order valence-electron chi connectivity index (χ3n) is 2.76. The molecule has 7 heteroatoms. The third-order valence-corrected chi connectivity index (χ3v) is 2.76. The van der Waals surface area contributed by atoms with Crippen LogP contribution in [0, 0.1) is 12.8 Å². The van der Waals surface area contributed by atoms with Gasteiger partial charge >= 0.3 is 5.97 Å². The molecule has 1 atom stereocenters. The zero-order valence-electron chi connectivity index (χ0n) is 13.1. The van der Waals surface area contributed by atoms with E-state index in [2.05, 4.69) is 15.0 Å². The first kappa shape index (κ1) is 15.9. The maximum absolute atomic E-state index is 11.9. The lowest BCUT2D eigenvalue weighted by atomic mass is 10.2. The van der Waals surface area contributed by atoms with Crippen LogP contribution in [0.4, 0.5) is 0 Å². The first-order valence-electron chi connectivity index (χ1n) is 7.04. The fraction of sp³-hybridized carbons (Fsp3) is 0.467. The summed E-state index contributed by atoms with van der Waals surface area (Å²) < 4.78 is 15.9. The van der Waals surface area contributed by atoms with Crippen molar-refractivity contribution in [1.29, 1.82) is 0 Å². The minimum Gasteiger partial charge on any atom is -0.464 e. The van der Waals surface area contributed by atoms with Gasteiger partial charge in [0.25, 0.3) is 0 Å². The highest BCUT2D eigenvalue weighted by molar-refractivity contribution is 5.88. The van der Waals surface area contributed by atoms with Crippen molar-refractivity contribution in [2.24, 2.45) is 5.92 Å². The number of nitrogens with zero attached hydrogens (tertiary/aromatic N) is 3. The molecule has 0 radical (unpaired) electrons. The number of carbonyl (C=O) groups excluding carboxylic acids is 1. The lowest BCUT2D eigenvalue weighted by molar-refractivity contribution is 0.0450. The number of rotatable bonds is 6. The van der Waals surface area contributed by atoms with Crippen LogP contribution in [-0.4, -0.2) is 27.5 Å². The van der Waals surface area contributed by atoms with Crippen molar-refractivity contribution in [2.45, 2.75) is 33.8 Å². The van der Waals surface area contributed by atoms with E-state index >= 15 is 0 Å². The van der Waals surface area contributed by atoms with Crippen LogP contribution in [0.5, 0.6) is 5.88 Å². The van der Waals surface area contributed by atoms with Gasteiger partial charge in [-0.1, -0.05) is 13.8 Å². The van der Waals surface area contributed by atoms with Crippen molar-refractivity contribution < 1.29 is 18.7 Å². The smallest absolute Gasteiger partial charge is 0.358 e. The van der Waals surface area contributed by atoms with Gasteiger partial charge < -0.3 is 13.9 Å². The SMILES string of the molecule is Cc1nc(O[C@@H](C)c2ncco2)cnc1C(=O)OCC(C)C. The highest BCUT2D eigenvalue weighted by Crippen LogP contribution is 2.19. The molecule has 118 valence electrons. The van der Waals surface area contributed by atoms with Gasteiger partial charge in [0.15, 0.2) is 11.8 Å². The van der Waals surface area contributed by atoms with E-state index in [1.54, 1.807) is 20.0 Å². The Morgan fingerprint density at radius 1 is 1.32 bits per heavy atom. The Balaban J connectivity index is 2.04. The lowest BCUT2D eigenvalue weighted by Gasteiger charge is -2.12. The molecule has 7 nitrogen and oxygen atoms in total. The molecule has 0 fully saturated rings. The fourth-order valence-corrected chi connectivity index (χ4v) is 1.69. The zero-order valence-corrected chi connectivity index (χ0v) is 13.1. The summed E-state index contributed by atoms with van der Waals surface area (Å²) in [5.74, 6) is 0.524. The average Bonchev–Trinajstić information content (AvgIpc) is 2.99. The average molecular weight is 305 g/mol. The molecule has 22 heavy (non-hydrogen) atoms. The van der Waals surface area contributed by atoms with E-state index in [0.29, 0.717) is 24.1 Å². The molecule has 2 aromatic heterocycles. The molecule has 0 saturated heterocycles. The Kier molecular flexibility index (Phi) is 5.08. The Morgan fingerprint density at radius 2 is 2.09 bits per heavy atom. The van der Waals surface area contributed by atoms with Gasteiger partial charge in [0.1, 0.15) is 6.26 Å². The highest BCUT2D eigenvalue weighted by Gasteiger charge is 2.17. The molecule has 2 heterocycles. The summed E-state index contributed by atoms with van der Waals surface area (Å²) in [5, 5.41) is 0. The van der Waals surface area contributed by atoms with E-state index in [-0.39, 0.29) is 11.6 Å². The quantitative estimate of drug-likeness (QED) is 0.758. The first-order valence-corrected chi connectivity index (χ1v) is 7.04. The van der Waals surface area contributed by atoms with Gasteiger partial charge in [-0.3, -0.25) is 0 Å². The van der Waals surface area contributed by atoms with Crippen LogP contribution in [0.15, 0.2) is 23.1 Å². The second-order valence-electron chi connectivity index (χ2n) is 5.26. The molecule has 2 aromatic rings. The van der Waals surface area contributed by atoms with Crippen LogP contribution in [0.25, 0.3) is 0 Å². The van der Waals surface area contributed by atoms with Crippen molar-refractivity contribution in [3.05, 3.63) is 35.9 Å². The molecule has 0 aliphatic heterocycles. The van der Waals surface area contributed by atoms with Crippen LogP contribution in [0.1, 0.15) is 48.9 Å². The maximum atomic E-state index is 11.9. The normalized spacial score (nSPS) is 12.2. The molecule has 0 N–H and O–H groups in total. The van der Waals surface area contributed by atoms with E-state index in [4.69, 9.17) is 13.9 Å². The van der Waals surface area contributed by atoms with Crippen molar-refractivity contribution in [3.8, 4) is 5.88 Å². The predicted octanol–water partition coefficient (Wildman–Crippen LogP) is 2.73. The minimum atomic E-state index is -0.481. The van der Waals surface area contributed by atoms with Crippen LogP contribution < -0.4 is 4.74 Å². The number of hydrogen-bond donors (Lipinski definition) is 0. The molecule has 0 aliphatic rings. The number of esters is 1. The van der Waals surface area contributed by atoms with Gasteiger partial charge in [0, 0.05) is 0 Å².